The molecule has 0 aliphatic heterocycles. The SMILES string of the molecule is CCC(C)CCCCCC(C)C1(CC)CC1. The van der Waals surface area contributed by atoms with Crippen LogP contribution in [-0.4, -0.2) is 0 Å². The van der Waals surface area contributed by atoms with E-state index in [2.05, 4.69) is 27.7 Å². The minimum Gasteiger partial charge on any atom is -0.0651 e. The standard InChI is InChI=1S/C16H32/c1-5-14(3)10-8-7-9-11-15(4)16(6-2)12-13-16/h14-15H,5-13H2,1-4H3. The quantitative estimate of drug-likeness (QED) is 0.434. The Labute approximate surface area is 103 Å². The largest absolute Gasteiger partial charge is 0.0651 e. The van der Waals surface area contributed by atoms with Crippen LogP contribution in [0.15, 0.2) is 0 Å². The topological polar surface area (TPSA) is 0 Å². The molecule has 0 nitrogen and oxygen atoms in total. The minimum absolute atomic E-state index is 0.788. The van der Waals surface area contributed by atoms with Crippen molar-refractivity contribution in [2.45, 2.75) is 85.5 Å². The molecule has 1 aliphatic rings. The lowest BCUT2D eigenvalue weighted by Crippen LogP contribution is -2.11. The highest BCUT2D eigenvalue weighted by Gasteiger charge is 2.44. The van der Waals surface area contributed by atoms with Crippen molar-refractivity contribution >= 4 is 0 Å². The van der Waals surface area contributed by atoms with Gasteiger partial charge in [0.1, 0.15) is 0 Å². The van der Waals surface area contributed by atoms with Crippen LogP contribution in [0.1, 0.15) is 85.5 Å². The van der Waals surface area contributed by atoms with E-state index >= 15 is 0 Å². The summed E-state index contributed by atoms with van der Waals surface area (Å²) in [4.78, 5) is 0. The smallest absolute Gasteiger partial charge is 0.0274 e. The molecule has 1 fully saturated rings. The van der Waals surface area contributed by atoms with E-state index in [0.29, 0.717) is 0 Å². The fraction of sp³-hybridized carbons (Fsp3) is 1.00. The maximum absolute atomic E-state index is 2.49. The fourth-order valence-corrected chi connectivity index (χ4v) is 2.99. The third-order valence-corrected chi connectivity index (χ3v) is 5.17. The Bertz CT molecular complexity index is 178. The zero-order valence-electron chi connectivity index (χ0n) is 12.0. The molecule has 2 unspecified atom stereocenters. The lowest BCUT2D eigenvalue weighted by molar-refractivity contribution is 0.293. The van der Waals surface area contributed by atoms with Crippen molar-refractivity contribution in [3.63, 3.8) is 0 Å². The van der Waals surface area contributed by atoms with Crippen LogP contribution in [-0.2, 0) is 0 Å². The summed E-state index contributed by atoms with van der Waals surface area (Å²) in [6.07, 6.45) is 13.1. The molecule has 2 atom stereocenters. The van der Waals surface area contributed by atoms with Gasteiger partial charge >= 0.3 is 0 Å². The van der Waals surface area contributed by atoms with Crippen molar-refractivity contribution in [2.75, 3.05) is 0 Å². The summed E-state index contributed by atoms with van der Waals surface area (Å²) in [6, 6.07) is 0. The fourth-order valence-electron chi connectivity index (χ4n) is 2.99. The first kappa shape index (κ1) is 14.1. The van der Waals surface area contributed by atoms with E-state index in [0.717, 1.165) is 17.3 Å². The number of unbranched alkanes of at least 4 members (excludes halogenated alkanes) is 2. The average molecular weight is 224 g/mol. The van der Waals surface area contributed by atoms with Gasteiger partial charge in [-0.25, -0.2) is 0 Å². The highest BCUT2D eigenvalue weighted by molar-refractivity contribution is 4.95. The molecule has 0 aromatic rings. The second-order valence-electron chi connectivity index (χ2n) is 6.27. The maximum atomic E-state index is 2.49. The lowest BCUT2D eigenvalue weighted by atomic mass is 9.84. The third-order valence-electron chi connectivity index (χ3n) is 5.17. The second kappa shape index (κ2) is 6.67. The molecule has 0 N–H and O–H groups in total. The van der Waals surface area contributed by atoms with Crippen molar-refractivity contribution in [1.29, 1.82) is 0 Å². The predicted octanol–water partition coefficient (Wildman–Crippen LogP) is 5.81. The summed E-state index contributed by atoms with van der Waals surface area (Å²) in [5.74, 6) is 1.93. The van der Waals surface area contributed by atoms with Gasteiger partial charge in [-0.05, 0) is 30.1 Å². The molecule has 96 valence electrons. The molecule has 0 bridgehead atoms. The van der Waals surface area contributed by atoms with Gasteiger partial charge < -0.3 is 0 Å². The summed E-state index contributed by atoms with van der Waals surface area (Å²) >= 11 is 0. The molecular formula is C16H32. The molecule has 0 amide bonds. The molecular weight excluding hydrogens is 192 g/mol. The monoisotopic (exact) mass is 224 g/mol. The normalized spacial score (nSPS) is 21.8. The minimum atomic E-state index is 0.788. The van der Waals surface area contributed by atoms with Gasteiger partial charge in [-0.15, -0.1) is 0 Å². The highest BCUT2D eigenvalue weighted by Crippen LogP contribution is 2.55. The number of hydrogen-bond donors (Lipinski definition) is 0. The molecule has 0 aromatic carbocycles. The van der Waals surface area contributed by atoms with Crippen LogP contribution in [0.25, 0.3) is 0 Å². The van der Waals surface area contributed by atoms with Crippen LogP contribution in [0.3, 0.4) is 0 Å². The zero-order chi connectivity index (χ0) is 12.0. The molecule has 0 radical (unpaired) electrons. The summed E-state index contributed by atoms with van der Waals surface area (Å²) in [6.45, 7) is 9.57. The first-order chi connectivity index (χ1) is 7.64. The molecule has 0 heteroatoms. The van der Waals surface area contributed by atoms with E-state index in [1.807, 2.05) is 0 Å². The average Bonchev–Trinajstić information content (AvgIpc) is 3.08. The van der Waals surface area contributed by atoms with Crippen molar-refractivity contribution in [2.24, 2.45) is 17.3 Å². The third kappa shape index (κ3) is 4.11. The summed E-state index contributed by atoms with van der Waals surface area (Å²) in [7, 11) is 0. The maximum Gasteiger partial charge on any atom is -0.0274 e. The van der Waals surface area contributed by atoms with E-state index in [1.54, 1.807) is 0 Å². The Morgan fingerprint density at radius 1 is 0.938 bits per heavy atom. The van der Waals surface area contributed by atoms with Crippen LogP contribution in [0.5, 0.6) is 0 Å². The Morgan fingerprint density at radius 2 is 1.56 bits per heavy atom. The van der Waals surface area contributed by atoms with Gasteiger partial charge in [-0.3, -0.25) is 0 Å². The first-order valence-corrected chi connectivity index (χ1v) is 7.64. The van der Waals surface area contributed by atoms with Gasteiger partial charge in [-0.1, -0.05) is 72.6 Å². The predicted molar refractivity (Wildman–Crippen MR) is 73.7 cm³/mol. The van der Waals surface area contributed by atoms with Crippen molar-refractivity contribution < 1.29 is 0 Å². The van der Waals surface area contributed by atoms with Crippen LogP contribution in [0.4, 0.5) is 0 Å². The van der Waals surface area contributed by atoms with E-state index in [-0.39, 0.29) is 0 Å². The first-order valence-electron chi connectivity index (χ1n) is 7.64. The Morgan fingerprint density at radius 3 is 2.06 bits per heavy atom. The Kier molecular flexibility index (Phi) is 5.86. The van der Waals surface area contributed by atoms with E-state index < -0.39 is 0 Å². The van der Waals surface area contributed by atoms with Crippen molar-refractivity contribution in [1.82, 2.24) is 0 Å². The summed E-state index contributed by atoms with van der Waals surface area (Å²) in [5.41, 5.74) is 0.788. The summed E-state index contributed by atoms with van der Waals surface area (Å²) < 4.78 is 0. The van der Waals surface area contributed by atoms with E-state index in [9.17, 15) is 0 Å². The molecule has 0 spiro atoms. The van der Waals surface area contributed by atoms with Crippen molar-refractivity contribution in [3.8, 4) is 0 Å². The molecule has 16 heavy (non-hydrogen) atoms. The zero-order valence-corrected chi connectivity index (χ0v) is 12.0. The van der Waals surface area contributed by atoms with Crippen LogP contribution < -0.4 is 0 Å². The Balaban J connectivity index is 1.99. The van der Waals surface area contributed by atoms with Gasteiger partial charge in [0.2, 0.25) is 0 Å². The van der Waals surface area contributed by atoms with Gasteiger partial charge in [-0.2, -0.15) is 0 Å². The Hall–Kier alpha value is 0. The molecule has 1 rings (SSSR count). The van der Waals surface area contributed by atoms with Gasteiger partial charge in [0.15, 0.2) is 0 Å². The van der Waals surface area contributed by atoms with Crippen LogP contribution in [0.2, 0.25) is 0 Å². The van der Waals surface area contributed by atoms with Crippen LogP contribution in [0, 0.1) is 17.3 Å². The van der Waals surface area contributed by atoms with Crippen LogP contribution >= 0.6 is 0 Å². The summed E-state index contributed by atoms with van der Waals surface area (Å²) in [5, 5.41) is 0. The van der Waals surface area contributed by atoms with E-state index in [4.69, 9.17) is 0 Å². The molecule has 0 aromatic heterocycles. The van der Waals surface area contributed by atoms with Gasteiger partial charge in [0.25, 0.3) is 0 Å². The van der Waals surface area contributed by atoms with Crippen molar-refractivity contribution in [3.05, 3.63) is 0 Å². The molecule has 0 heterocycles. The van der Waals surface area contributed by atoms with Gasteiger partial charge in [0, 0.05) is 0 Å². The number of hydrogen-bond acceptors (Lipinski definition) is 0. The van der Waals surface area contributed by atoms with Gasteiger partial charge in [0.05, 0.1) is 0 Å². The molecule has 1 aliphatic carbocycles. The highest BCUT2D eigenvalue weighted by atomic mass is 14.5. The molecule has 1 saturated carbocycles. The lowest BCUT2D eigenvalue weighted by Gasteiger charge is -2.21. The van der Waals surface area contributed by atoms with E-state index in [1.165, 1.54) is 57.8 Å². The second-order valence-corrected chi connectivity index (χ2v) is 6.27. The molecule has 0 saturated heterocycles. The number of rotatable bonds is 9.